The smallest absolute Gasteiger partial charge is 0.156 e. The topological polar surface area (TPSA) is 34.1 Å². The summed E-state index contributed by atoms with van der Waals surface area (Å²) in [4.78, 5) is 0. The lowest BCUT2D eigenvalue weighted by molar-refractivity contribution is 0.561. The minimum Gasteiger partial charge on any atom is -0.228 e. The molecule has 0 amide bonds. The first-order valence-electron chi connectivity index (χ1n) is 4.62. The van der Waals surface area contributed by atoms with Crippen molar-refractivity contribution in [1.82, 2.24) is 0 Å². The minimum atomic E-state index is -3.11. The van der Waals surface area contributed by atoms with Crippen molar-refractivity contribution in [2.45, 2.75) is 25.5 Å². The van der Waals surface area contributed by atoms with Gasteiger partial charge in [0.15, 0.2) is 9.84 Å². The zero-order valence-electron chi connectivity index (χ0n) is 9.33. The minimum absolute atomic E-state index is 0.808. The highest BCUT2D eigenvalue weighted by atomic mass is 79.9. The lowest BCUT2D eigenvalue weighted by Gasteiger charge is -2.23. The summed E-state index contributed by atoms with van der Waals surface area (Å²) in [6.45, 7) is 5.42. The van der Waals surface area contributed by atoms with Gasteiger partial charge in [-0.1, -0.05) is 28.1 Å². The van der Waals surface area contributed by atoms with Crippen LogP contribution in [0, 0.1) is 6.92 Å². The van der Waals surface area contributed by atoms with Crippen molar-refractivity contribution in [3.05, 3.63) is 33.8 Å². The number of hydrogen-bond acceptors (Lipinski definition) is 2. The Labute approximate surface area is 99.7 Å². The van der Waals surface area contributed by atoms with Gasteiger partial charge in [0.05, 0.1) is 4.75 Å². The number of rotatable bonds is 2. The van der Waals surface area contributed by atoms with Gasteiger partial charge in [-0.05, 0) is 38.0 Å². The Bertz CT molecular complexity index is 475. The van der Waals surface area contributed by atoms with E-state index < -0.39 is 14.6 Å². The van der Waals surface area contributed by atoms with Gasteiger partial charge in [0.1, 0.15) is 0 Å². The van der Waals surface area contributed by atoms with Gasteiger partial charge in [0.25, 0.3) is 0 Å². The van der Waals surface area contributed by atoms with Gasteiger partial charge in [0.2, 0.25) is 0 Å². The zero-order valence-corrected chi connectivity index (χ0v) is 11.7. The van der Waals surface area contributed by atoms with Crippen LogP contribution in [0.25, 0.3) is 0 Å². The van der Waals surface area contributed by atoms with Crippen molar-refractivity contribution in [2.24, 2.45) is 0 Å². The van der Waals surface area contributed by atoms with Crippen LogP contribution in [0.1, 0.15) is 25.0 Å². The summed E-state index contributed by atoms with van der Waals surface area (Å²) in [6, 6.07) is 5.66. The fraction of sp³-hybridized carbons (Fsp3) is 0.455. The highest BCUT2D eigenvalue weighted by molar-refractivity contribution is 9.10. The molecular formula is C11H15BrO2S. The first-order valence-corrected chi connectivity index (χ1v) is 7.31. The fourth-order valence-corrected chi connectivity index (χ4v) is 2.12. The van der Waals surface area contributed by atoms with Gasteiger partial charge in [-0.15, -0.1) is 0 Å². The molecule has 0 fully saturated rings. The third kappa shape index (κ3) is 2.42. The van der Waals surface area contributed by atoms with E-state index in [1.54, 1.807) is 13.8 Å². The predicted octanol–water partition coefficient (Wildman–Crippen LogP) is 3.04. The summed E-state index contributed by atoms with van der Waals surface area (Å²) in [5.74, 6) is 0. The van der Waals surface area contributed by atoms with Crippen LogP contribution in [0.5, 0.6) is 0 Å². The maximum atomic E-state index is 11.6. The molecule has 1 aromatic carbocycles. The molecule has 0 atom stereocenters. The molecule has 1 aromatic rings. The fourth-order valence-electron chi connectivity index (χ4n) is 1.18. The number of halogens is 1. The monoisotopic (exact) mass is 290 g/mol. The van der Waals surface area contributed by atoms with Crippen LogP contribution in [0.3, 0.4) is 0 Å². The van der Waals surface area contributed by atoms with Crippen molar-refractivity contribution < 1.29 is 8.42 Å². The molecular weight excluding hydrogens is 276 g/mol. The summed E-state index contributed by atoms with van der Waals surface area (Å²) in [5, 5.41) is 0. The van der Waals surface area contributed by atoms with E-state index in [1.165, 1.54) is 6.26 Å². The molecule has 1 rings (SSSR count). The normalized spacial score (nSPS) is 12.9. The number of benzene rings is 1. The van der Waals surface area contributed by atoms with Crippen LogP contribution in [0.4, 0.5) is 0 Å². The molecule has 0 spiro atoms. The number of hydrogen-bond donors (Lipinski definition) is 0. The van der Waals surface area contributed by atoms with E-state index in [0.29, 0.717) is 0 Å². The third-order valence-electron chi connectivity index (χ3n) is 2.79. The maximum absolute atomic E-state index is 11.6. The quantitative estimate of drug-likeness (QED) is 0.839. The first kappa shape index (κ1) is 12.7. The second-order valence-corrected chi connectivity index (χ2v) is 7.67. The van der Waals surface area contributed by atoms with E-state index in [2.05, 4.69) is 15.9 Å². The van der Waals surface area contributed by atoms with Crippen LogP contribution >= 0.6 is 15.9 Å². The van der Waals surface area contributed by atoms with Gasteiger partial charge < -0.3 is 0 Å². The lowest BCUT2D eigenvalue weighted by Crippen LogP contribution is -2.28. The highest BCUT2D eigenvalue weighted by Crippen LogP contribution is 2.31. The Kier molecular flexibility index (Phi) is 3.31. The highest BCUT2D eigenvalue weighted by Gasteiger charge is 2.32. The molecule has 15 heavy (non-hydrogen) atoms. The van der Waals surface area contributed by atoms with E-state index in [9.17, 15) is 8.42 Å². The number of sulfone groups is 1. The van der Waals surface area contributed by atoms with Crippen molar-refractivity contribution in [3.63, 3.8) is 0 Å². The molecule has 4 heteroatoms. The summed E-state index contributed by atoms with van der Waals surface area (Å²) in [7, 11) is -3.11. The Morgan fingerprint density at radius 2 is 1.80 bits per heavy atom. The molecule has 2 nitrogen and oxygen atoms in total. The Morgan fingerprint density at radius 3 is 2.20 bits per heavy atom. The number of aryl methyl sites for hydroxylation is 1. The molecule has 0 heterocycles. The van der Waals surface area contributed by atoms with Crippen molar-refractivity contribution in [3.8, 4) is 0 Å². The SMILES string of the molecule is Cc1ccc(C(C)(C)S(C)(=O)=O)cc1Br. The average Bonchev–Trinajstić information content (AvgIpc) is 2.07. The van der Waals surface area contributed by atoms with E-state index in [0.717, 1.165) is 15.6 Å². The van der Waals surface area contributed by atoms with Crippen LogP contribution in [-0.2, 0) is 14.6 Å². The first-order chi connectivity index (χ1) is 6.66. The van der Waals surface area contributed by atoms with Crippen molar-refractivity contribution in [2.75, 3.05) is 6.26 Å². The van der Waals surface area contributed by atoms with Crippen LogP contribution in [-0.4, -0.2) is 14.7 Å². The standard InChI is InChI=1S/C11H15BrO2S/c1-8-5-6-9(7-10(8)12)11(2,3)15(4,13)14/h5-7H,1-4H3. The molecule has 0 aliphatic carbocycles. The van der Waals surface area contributed by atoms with Gasteiger partial charge in [-0.25, -0.2) is 8.42 Å². The third-order valence-corrected chi connectivity index (χ3v) is 5.74. The average molecular weight is 291 g/mol. The maximum Gasteiger partial charge on any atom is 0.156 e. The predicted molar refractivity (Wildman–Crippen MR) is 66.7 cm³/mol. The zero-order chi connectivity index (χ0) is 11.9. The van der Waals surface area contributed by atoms with Crippen molar-refractivity contribution >= 4 is 25.8 Å². The Balaban J connectivity index is 3.35. The van der Waals surface area contributed by atoms with Crippen LogP contribution in [0.15, 0.2) is 22.7 Å². The molecule has 0 aliphatic rings. The summed E-state index contributed by atoms with van der Waals surface area (Å²) >= 11 is 3.41. The Morgan fingerprint density at radius 1 is 1.27 bits per heavy atom. The molecule has 0 radical (unpaired) electrons. The lowest BCUT2D eigenvalue weighted by atomic mass is 10.0. The summed E-state index contributed by atoms with van der Waals surface area (Å²) < 4.78 is 23.4. The van der Waals surface area contributed by atoms with Gasteiger partial charge in [-0.2, -0.15) is 0 Å². The van der Waals surface area contributed by atoms with E-state index >= 15 is 0 Å². The second-order valence-electron chi connectivity index (χ2n) is 4.25. The molecule has 0 N–H and O–H groups in total. The Hall–Kier alpha value is -0.350. The summed E-state index contributed by atoms with van der Waals surface area (Å²) in [5.41, 5.74) is 1.91. The second kappa shape index (κ2) is 3.91. The molecule has 0 saturated carbocycles. The molecule has 0 saturated heterocycles. The van der Waals surface area contributed by atoms with Crippen LogP contribution in [0.2, 0.25) is 0 Å². The van der Waals surface area contributed by atoms with Gasteiger partial charge >= 0.3 is 0 Å². The molecule has 0 aromatic heterocycles. The van der Waals surface area contributed by atoms with Gasteiger partial charge in [0, 0.05) is 10.7 Å². The largest absolute Gasteiger partial charge is 0.228 e. The molecule has 0 aliphatic heterocycles. The molecule has 84 valence electrons. The van der Waals surface area contributed by atoms with Gasteiger partial charge in [-0.3, -0.25) is 0 Å². The molecule has 0 bridgehead atoms. The summed E-state index contributed by atoms with van der Waals surface area (Å²) in [6.07, 6.45) is 1.26. The van der Waals surface area contributed by atoms with Crippen molar-refractivity contribution in [1.29, 1.82) is 0 Å². The molecule has 0 unspecified atom stereocenters. The van der Waals surface area contributed by atoms with E-state index in [1.807, 2.05) is 25.1 Å². The van der Waals surface area contributed by atoms with E-state index in [4.69, 9.17) is 0 Å². The van der Waals surface area contributed by atoms with Crippen LogP contribution < -0.4 is 0 Å². The van der Waals surface area contributed by atoms with E-state index in [-0.39, 0.29) is 0 Å².